The minimum Gasteiger partial charge on any atom is -0.508 e. The number of carbonyl (C=O) groups is 6. The molecule has 0 bridgehead atoms. The van der Waals surface area contributed by atoms with E-state index in [2.05, 4.69) is 16.0 Å². The zero-order chi connectivity index (χ0) is 40.0. The lowest BCUT2D eigenvalue weighted by Crippen LogP contribution is -2.37. The molecule has 0 unspecified atom stereocenters. The topological polar surface area (TPSA) is 216 Å². The Kier molecular flexibility index (Phi) is 9.49. The molecule has 0 saturated carbocycles. The third kappa shape index (κ3) is 6.87. The van der Waals surface area contributed by atoms with Crippen LogP contribution in [0.4, 0.5) is 17.1 Å². The molecule has 3 aromatic rings. The molecular formula is C40H29N5O10S. The van der Waals surface area contributed by atoms with Gasteiger partial charge in [0.05, 0.1) is 16.9 Å². The summed E-state index contributed by atoms with van der Waals surface area (Å²) in [6.07, 6.45) is 2.29. The molecule has 4 aliphatic rings. The number of benzene rings is 4. The van der Waals surface area contributed by atoms with Gasteiger partial charge in [-0.15, -0.1) is 0 Å². The molecule has 3 heterocycles. The Bertz CT molecular complexity index is 2630. The zero-order valence-corrected chi connectivity index (χ0v) is 30.3. The molecule has 1 aliphatic carbocycles. The van der Waals surface area contributed by atoms with Crippen LogP contribution in [0.1, 0.15) is 34.6 Å². The minimum absolute atomic E-state index is 0.00399. The lowest BCUT2D eigenvalue weighted by molar-refractivity contribution is -0.121. The summed E-state index contributed by atoms with van der Waals surface area (Å²) >= 11 is 5.42. The molecule has 0 radical (unpaired) electrons. The number of aromatic carboxylic acids is 1. The smallest absolute Gasteiger partial charge is 0.336 e. The highest BCUT2D eigenvalue weighted by molar-refractivity contribution is 7.80. The fourth-order valence-electron chi connectivity index (χ4n) is 6.45. The molecule has 0 atom stereocenters. The number of nitrogens with zero attached hydrogens (tertiary/aromatic N) is 2. The van der Waals surface area contributed by atoms with Crippen LogP contribution in [-0.2, 0) is 19.2 Å². The molecule has 0 aromatic heterocycles. The predicted molar refractivity (Wildman–Crippen MR) is 209 cm³/mol. The molecule has 16 heteroatoms. The standard InChI is InChI=1S/C40H29N5O10S/c1-19-11-33(48)44(37(19)51)23-13-21(14-24(16-23)45-34(49)12-20(2)38(45)52)36(50)41-9-10-42-40(56)43-22-3-6-27(30(15-22)39(53)54)35-28-7-4-25(46)17-31(28)55-32-18-26(47)5-8-29(32)35/h3-8,11-18,46H,9-10H2,1-2H3,(H,41,50)(H,53,54)(H2,42,43,56). The highest BCUT2D eigenvalue weighted by Crippen LogP contribution is 2.42. The number of amides is 5. The Morgan fingerprint density at radius 3 is 1.98 bits per heavy atom. The highest BCUT2D eigenvalue weighted by Gasteiger charge is 2.34. The van der Waals surface area contributed by atoms with Gasteiger partial charge in [0, 0.05) is 76.3 Å². The van der Waals surface area contributed by atoms with Crippen molar-refractivity contribution in [1.82, 2.24) is 10.6 Å². The first kappa shape index (κ1) is 36.9. The first-order valence-electron chi connectivity index (χ1n) is 16.9. The molecule has 0 fully saturated rings. The van der Waals surface area contributed by atoms with Gasteiger partial charge >= 0.3 is 5.97 Å². The number of hydrogen-bond donors (Lipinski definition) is 5. The van der Waals surface area contributed by atoms with E-state index in [-0.39, 0.29) is 74.4 Å². The van der Waals surface area contributed by atoms with E-state index in [9.17, 15) is 43.8 Å². The second-order valence-corrected chi connectivity index (χ2v) is 13.3. The van der Waals surface area contributed by atoms with Crippen LogP contribution in [0.2, 0.25) is 0 Å². The average molecular weight is 772 g/mol. The maximum absolute atomic E-state index is 13.3. The third-order valence-corrected chi connectivity index (χ3v) is 9.28. The number of phenols is 1. The van der Waals surface area contributed by atoms with Gasteiger partial charge in [-0.2, -0.15) is 0 Å². The number of thiocarbonyl (C=S) groups is 1. The summed E-state index contributed by atoms with van der Waals surface area (Å²) in [5.74, 6) is -4.25. The Morgan fingerprint density at radius 1 is 0.750 bits per heavy atom. The number of carboxylic acids is 1. The van der Waals surface area contributed by atoms with E-state index in [0.717, 1.165) is 22.0 Å². The number of hydrogen-bond acceptors (Lipinski definition) is 10. The van der Waals surface area contributed by atoms with Gasteiger partial charge in [0.2, 0.25) is 0 Å². The molecular weight excluding hydrogens is 743 g/mol. The monoisotopic (exact) mass is 771 g/mol. The molecule has 3 aliphatic heterocycles. The minimum atomic E-state index is -1.24. The van der Waals surface area contributed by atoms with Gasteiger partial charge in [0.25, 0.3) is 29.5 Å². The summed E-state index contributed by atoms with van der Waals surface area (Å²) in [6.45, 7) is 3.06. The molecule has 0 saturated heterocycles. The third-order valence-electron chi connectivity index (χ3n) is 9.03. The van der Waals surface area contributed by atoms with Gasteiger partial charge in [0.15, 0.2) is 10.5 Å². The second kappa shape index (κ2) is 14.4. The second-order valence-electron chi connectivity index (χ2n) is 12.9. The highest BCUT2D eigenvalue weighted by atomic mass is 32.1. The number of aromatic hydroxyl groups is 1. The number of fused-ring (bicyclic) bond motifs is 2. The summed E-state index contributed by atoms with van der Waals surface area (Å²) in [5.41, 5.74) is 1.78. The number of carbonyl (C=O) groups excluding carboxylic acids is 5. The van der Waals surface area contributed by atoms with Gasteiger partial charge in [-0.3, -0.25) is 28.8 Å². The van der Waals surface area contributed by atoms with Gasteiger partial charge in [-0.05, 0) is 86.2 Å². The Balaban J connectivity index is 1.06. The van der Waals surface area contributed by atoms with Crippen molar-refractivity contribution in [1.29, 1.82) is 0 Å². The maximum Gasteiger partial charge on any atom is 0.336 e. The van der Waals surface area contributed by atoms with Crippen molar-refractivity contribution in [3.8, 4) is 28.2 Å². The van der Waals surface area contributed by atoms with E-state index >= 15 is 0 Å². The first-order valence-corrected chi connectivity index (χ1v) is 17.3. The van der Waals surface area contributed by atoms with Gasteiger partial charge in [-0.25, -0.2) is 14.6 Å². The molecule has 5 N–H and O–H groups in total. The van der Waals surface area contributed by atoms with Crippen LogP contribution in [0.5, 0.6) is 5.75 Å². The van der Waals surface area contributed by atoms with Crippen molar-refractivity contribution in [3.63, 3.8) is 0 Å². The zero-order valence-electron chi connectivity index (χ0n) is 29.5. The number of phenolic OH excluding ortho intramolecular Hbond substituents is 1. The number of carboxylic acid groups (broad SMARTS) is 1. The van der Waals surface area contributed by atoms with E-state index in [1.807, 2.05) is 0 Å². The van der Waals surface area contributed by atoms with Gasteiger partial charge in [-0.1, -0.05) is 6.07 Å². The normalized spacial score (nSPS) is 14.0. The molecule has 7 rings (SSSR count). The quantitative estimate of drug-likeness (QED) is 0.0612. The fourth-order valence-corrected chi connectivity index (χ4v) is 6.66. The first-order chi connectivity index (χ1) is 26.7. The number of imide groups is 2. The fraction of sp³-hybridized carbons (Fsp3) is 0.100. The van der Waals surface area contributed by atoms with E-state index < -0.39 is 35.5 Å². The van der Waals surface area contributed by atoms with Crippen LogP contribution in [0, 0.1) is 0 Å². The number of rotatable bonds is 9. The molecule has 5 amide bonds. The van der Waals surface area contributed by atoms with Gasteiger partial charge in [0.1, 0.15) is 17.1 Å². The summed E-state index contributed by atoms with van der Waals surface area (Å²) < 4.78 is 5.88. The Hall–Kier alpha value is -7.46. The van der Waals surface area contributed by atoms with Crippen LogP contribution in [0.25, 0.3) is 33.4 Å². The lowest BCUT2D eigenvalue weighted by atomic mass is 9.90. The van der Waals surface area contributed by atoms with Crippen LogP contribution < -0.4 is 31.2 Å². The van der Waals surface area contributed by atoms with Crippen molar-refractivity contribution < 1.29 is 43.4 Å². The molecule has 15 nitrogen and oxygen atoms in total. The van der Waals surface area contributed by atoms with Crippen molar-refractivity contribution in [2.75, 3.05) is 28.2 Å². The number of nitrogens with one attached hydrogen (secondary N) is 3. The Morgan fingerprint density at radius 2 is 1.38 bits per heavy atom. The largest absolute Gasteiger partial charge is 0.508 e. The van der Waals surface area contributed by atoms with Crippen molar-refractivity contribution in [2.45, 2.75) is 13.8 Å². The van der Waals surface area contributed by atoms with Crippen molar-refractivity contribution >= 4 is 80.9 Å². The van der Waals surface area contributed by atoms with Crippen molar-refractivity contribution in [3.05, 3.63) is 117 Å². The molecule has 0 spiro atoms. The summed E-state index contributed by atoms with van der Waals surface area (Å²) in [5, 5.41) is 29.5. The summed E-state index contributed by atoms with van der Waals surface area (Å²) in [4.78, 5) is 90.6. The SMILES string of the molecule is CC1=CC(=O)N(c2cc(C(=O)NCCNC(=S)Nc3ccc(-c4c5ccc(=O)cc-5oc5cc(O)ccc45)c(C(=O)O)c3)cc(N3C(=O)C=C(C)C3=O)c2)C1=O. The van der Waals surface area contributed by atoms with Gasteiger partial charge < -0.3 is 30.6 Å². The van der Waals surface area contributed by atoms with E-state index in [1.165, 1.54) is 62.4 Å². The molecule has 280 valence electrons. The summed E-state index contributed by atoms with van der Waals surface area (Å²) in [7, 11) is 0. The predicted octanol–water partition coefficient (Wildman–Crippen LogP) is 4.32. The van der Waals surface area contributed by atoms with Crippen LogP contribution in [0.3, 0.4) is 0 Å². The number of anilines is 3. The average Bonchev–Trinajstić information content (AvgIpc) is 3.56. The van der Waals surface area contributed by atoms with Crippen LogP contribution >= 0.6 is 12.2 Å². The van der Waals surface area contributed by atoms with E-state index in [1.54, 1.807) is 24.3 Å². The summed E-state index contributed by atoms with van der Waals surface area (Å²) in [6, 6.07) is 17.1. The van der Waals surface area contributed by atoms with Crippen LogP contribution in [0.15, 0.2) is 105 Å². The van der Waals surface area contributed by atoms with Crippen molar-refractivity contribution in [2.24, 2.45) is 0 Å². The maximum atomic E-state index is 13.3. The molecule has 3 aromatic carbocycles. The van der Waals surface area contributed by atoms with E-state index in [4.69, 9.17) is 16.6 Å². The van der Waals surface area contributed by atoms with Crippen LogP contribution in [-0.4, -0.2) is 63.9 Å². The van der Waals surface area contributed by atoms with E-state index in [0.29, 0.717) is 27.8 Å². The lowest BCUT2D eigenvalue weighted by Gasteiger charge is -2.21. The molecule has 56 heavy (non-hydrogen) atoms. The Labute approximate surface area is 321 Å².